The van der Waals surface area contributed by atoms with Crippen LogP contribution in [0.15, 0.2) is 46.5 Å². The molecule has 19 heavy (non-hydrogen) atoms. The third-order valence-electron chi connectivity index (χ3n) is 2.97. The van der Waals surface area contributed by atoms with E-state index in [1.54, 1.807) is 17.5 Å². The summed E-state index contributed by atoms with van der Waals surface area (Å²) in [4.78, 5) is 8.77. The predicted molar refractivity (Wildman–Crippen MR) is 82.2 cm³/mol. The zero-order valence-corrected chi connectivity index (χ0v) is 12.5. The molecule has 0 aliphatic heterocycles. The SMILES string of the molecule is NC(Cc1ccc(Br)cn1)c1cnc2ccsc2c1. The Morgan fingerprint density at radius 2 is 2.11 bits per heavy atom. The van der Waals surface area contributed by atoms with Crippen LogP contribution in [0, 0.1) is 0 Å². The zero-order valence-electron chi connectivity index (χ0n) is 10.1. The molecule has 5 heteroatoms. The average molecular weight is 334 g/mol. The van der Waals surface area contributed by atoms with Gasteiger partial charge in [-0.05, 0) is 51.1 Å². The summed E-state index contributed by atoms with van der Waals surface area (Å²) in [5.74, 6) is 0. The van der Waals surface area contributed by atoms with E-state index in [9.17, 15) is 0 Å². The molecular weight excluding hydrogens is 322 g/mol. The van der Waals surface area contributed by atoms with E-state index in [0.29, 0.717) is 6.42 Å². The molecule has 0 amide bonds. The number of nitrogens with zero attached hydrogens (tertiary/aromatic N) is 2. The summed E-state index contributed by atoms with van der Waals surface area (Å²) in [6, 6.07) is 8.03. The standard InChI is InChI=1S/C14H12BrN3S/c15-10-1-2-11(17-8-10)6-12(16)9-5-14-13(18-7-9)3-4-19-14/h1-5,7-8,12H,6,16H2. The van der Waals surface area contributed by atoms with Gasteiger partial charge >= 0.3 is 0 Å². The largest absolute Gasteiger partial charge is 0.324 e. The van der Waals surface area contributed by atoms with Gasteiger partial charge < -0.3 is 5.73 Å². The van der Waals surface area contributed by atoms with Crippen molar-refractivity contribution >= 4 is 37.5 Å². The van der Waals surface area contributed by atoms with Crippen LogP contribution in [0.5, 0.6) is 0 Å². The summed E-state index contributed by atoms with van der Waals surface area (Å²) in [6.45, 7) is 0. The maximum Gasteiger partial charge on any atom is 0.0809 e. The van der Waals surface area contributed by atoms with Crippen molar-refractivity contribution in [2.45, 2.75) is 12.5 Å². The molecule has 0 aliphatic rings. The van der Waals surface area contributed by atoms with Crippen LogP contribution in [0.25, 0.3) is 10.2 Å². The quantitative estimate of drug-likeness (QED) is 0.795. The predicted octanol–water partition coefficient (Wildman–Crippen LogP) is 3.70. The molecule has 0 bridgehead atoms. The molecule has 1 unspecified atom stereocenters. The fraction of sp³-hybridized carbons (Fsp3) is 0.143. The number of aromatic nitrogens is 2. The molecular formula is C14H12BrN3S. The molecule has 0 aromatic carbocycles. The average Bonchev–Trinajstić information content (AvgIpc) is 2.88. The van der Waals surface area contributed by atoms with Crippen molar-refractivity contribution in [1.29, 1.82) is 0 Å². The first kappa shape index (κ1) is 12.7. The van der Waals surface area contributed by atoms with Crippen molar-refractivity contribution in [3.8, 4) is 0 Å². The van der Waals surface area contributed by atoms with Crippen LogP contribution in [0.2, 0.25) is 0 Å². The molecule has 0 saturated heterocycles. The summed E-state index contributed by atoms with van der Waals surface area (Å²) in [6.07, 6.45) is 4.37. The van der Waals surface area contributed by atoms with Gasteiger partial charge in [-0.2, -0.15) is 0 Å². The van der Waals surface area contributed by atoms with Gasteiger partial charge in [0.1, 0.15) is 0 Å². The molecule has 3 aromatic rings. The van der Waals surface area contributed by atoms with Crippen LogP contribution >= 0.6 is 27.3 Å². The van der Waals surface area contributed by atoms with E-state index in [4.69, 9.17) is 5.73 Å². The first-order valence-electron chi connectivity index (χ1n) is 5.91. The second kappa shape index (κ2) is 5.36. The van der Waals surface area contributed by atoms with Gasteiger partial charge in [-0.15, -0.1) is 11.3 Å². The molecule has 3 nitrogen and oxygen atoms in total. The fourth-order valence-electron chi connectivity index (χ4n) is 1.93. The topological polar surface area (TPSA) is 51.8 Å². The van der Waals surface area contributed by atoms with E-state index in [2.05, 4.69) is 32.0 Å². The molecule has 0 fully saturated rings. The molecule has 3 heterocycles. The van der Waals surface area contributed by atoms with Crippen LogP contribution in [0.3, 0.4) is 0 Å². The lowest BCUT2D eigenvalue weighted by atomic mass is 10.0. The van der Waals surface area contributed by atoms with Gasteiger partial charge in [0.05, 0.1) is 10.2 Å². The number of thiophene rings is 1. The molecule has 1 atom stereocenters. The van der Waals surface area contributed by atoms with Gasteiger partial charge in [0, 0.05) is 35.0 Å². The lowest BCUT2D eigenvalue weighted by Gasteiger charge is -2.11. The number of fused-ring (bicyclic) bond motifs is 1. The van der Waals surface area contributed by atoms with Gasteiger partial charge in [0.25, 0.3) is 0 Å². The van der Waals surface area contributed by atoms with Crippen molar-refractivity contribution < 1.29 is 0 Å². The Bertz CT molecular complexity index is 693. The Labute approximate surface area is 123 Å². The van der Waals surface area contributed by atoms with E-state index >= 15 is 0 Å². The fourth-order valence-corrected chi connectivity index (χ4v) is 2.96. The summed E-state index contributed by atoms with van der Waals surface area (Å²) < 4.78 is 2.16. The lowest BCUT2D eigenvalue weighted by molar-refractivity contribution is 0.704. The first-order valence-corrected chi connectivity index (χ1v) is 7.59. The van der Waals surface area contributed by atoms with Crippen LogP contribution in [0.4, 0.5) is 0 Å². The Hall–Kier alpha value is -1.30. The third-order valence-corrected chi connectivity index (χ3v) is 4.29. The van der Waals surface area contributed by atoms with Gasteiger partial charge in [0.2, 0.25) is 0 Å². The van der Waals surface area contributed by atoms with Crippen LogP contribution in [0.1, 0.15) is 17.3 Å². The Balaban J connectivity index is 1.82. The molecule has 96 valence electrons. The zero-order chi connectivity index (χ0) is 13.2. The normalized spacial score (nSPS) is 12.7. The van der Waals surface area contributed by atoms with Gasteiger partial charge in [0.15, 0.2) is 0 Å². The minimum atomic E-state index is -0.0762. The molecule has 0 aliphatic carbocycles. The number of pyridine rings is 2. The second-order valence-electron chi connectivity index (χ2n) is 4.35. The molecule has 0 spiro atoms. The lowest BCUT2D eigenvalue weighted by Crippen LogP contribution is -2.14. The first-order chi connectivity index (χ1) is 9.22. The number of halogens is 1. The van der Waals surface area contributed by atoms with Crippen LogP contribution in [-0.2, 0) is 6.42 Å². The van der Waals surface area contributed by atoms with Gasteiger partial charge in [-0.3, -0.25) is 9.97 Å². The molecule has 3 rings (SSSR count). The number of hydrogen-bond donors (Lipinski definition) is 1. The van der Waals surface area contributed by atoms with E-state index in [0.717, 1.165) is 21.2 Å². The van der Waals surface area contributed by atoms with E-state index in [-0.39, 0.29) is 6.04 Å². The van der Waals surface area contributed by atoms with Gasteiger partial charge in [-0.25, -0.2) is 0 Å². The Morgan fingerprint density at radius 3 is 2.89 bits per heavy atom. The molecule has 0 saturated carbocycles. The number of rotatable bonds is 3. The Morgan fingerprint density at radius 1 is 1.21 bits per heavy atom. The highest BCUT2D eigenvalue weighted by molar-refractivity contribution is 9.10. The molecule has 2 N–H and O–H groups in total. The highest BCUT2D eigenvalue weighted by Crippen LogP contribution is 2.23. The maximum atomic E-state index is 6.24. The number of nitrogens with two attached hydrogens (primary N) is 1. The van der Waals surface area contributed by atoms with E-state index in [1.807, 2.05) is 29.8 Å². The van der Waals surface area contributed by atoms with Crippen molar-refractivity contribution in [3.63, 3.8) is 0 Å². The summed E-state index contributed by atoms with van der Waals surface area (Å²) >= 11 is 5.06. The highest BCUT2D eigenvalue weighted by atomic mass is 79.9. The molecule has 0 radical (unpaired) electrons. The summed E-state index contributed by atoms with van der Waals surface area (Å²) in [5.41, 5.74) is 9.31. The van der Waals surface area contributed by atoms with Crippen LogP contribution in [-0.4, -0.2) is 9.97 Å². The maximum absolute atomic E-state index is 6.24. The minimum absolute atomic E-state index is 0.0762. The third kappa shape index (κ3) is 2.83. The number of hydrogen-bond acceptors (Lipinski definition) is 4. The van der Waals surface area contributed by atoms with Crippen molar-refractivity contribution in [2.75, 3.05) is 0 Å². The highest BCUT2D eigenvalue weighted by Gasteiger charge is 2.10. The monoisotopic (exact) mass is 333 g/mol. The van der Waals surface area contributed by atoms with E-state index < -0.39 is 0 Å². The second-order valence-corrected chi connectivity index (χ2v) is 6.21. The van der Waals surface area contributed by atoms with Gasteiger partial charge in [-0.1, -0.05) is 0 Å². The summed E-state index contributed by atoms with van der Waals surface area (Å²) in [7, 11) is 0. The van der Waals surface area contributed by atoms with E-state index in [1.165, 1.54) is 4.70 Å². The van der Waals surface area contributed by atoms with Crippen molar-refractivity contribution in [3.05, 3.63) is 57.8 Å². The van der Waals surface area contributed by atoms with Crippen molar-refractivity contribution in [2.24, 2.45) is 5.73 Å². The minimum Gasteiger partial charge on any atom is -0.324 e. The Kier molecular flexibility index (Phi) is 3.59. The van der Waals surface area contributed by atoms with Crippen LogP contribution < -0.4 is 5.73 Å². The smallest absolute Gasteiger partial charge is 0.0809 e. The molecule has 3 aromatic heterocycles. The summed E-state index contributed by atoms with van der Waals surface area (Å²) in [5, 5.41) is 2.04. The van der Waals surface area contributed by atoms with Crippen molar-refractivity contribution in [1.82, 2.24) is 9.97 Å².